The van der Waals surface area contributed by atoms with E-state index in [1.807, 2.05) is 0 Å². The number of nitrogens with zero attached hydrogens (tertiary/aromatic N) is 2. The smallest absolute Gasteiger partial charge is 0.410 e. The Kier molecular flexibility index (Phi) is 7.68. The van der Waals surface area contributed by atoms with E-state index in [2.05, 4.69) is 20.6 Å². The van der Waals surface area contributed by atoms with Crippen LogP contribution < -0.4 is 15.4 Å². The van der Waals surface area contributed by atoms with Crippen LogP contribution in [0.1, 0.15) is 36.8 Å². The van der Waals surface area contributed by atoms with Gasteiger partial charge in [0, 0.05) is 37.5 Å². The zero-order valence-electron chi connectivity index (χ0n) is 21.4. The Morgan fingerprint density at radius 2 is 2.08 bits per heavy atom. The minimum absolute atomic E-state index is 0.119. The summed E-state index contributed by atoms with van der Waals surface area (Å²) in [5.74, 6) is -1.17. The SMILES string of the molecule is CN(CCOc1cnccc1-c1[nH]c2c(c1Nc1ccc(F)c(Cl)c1O)C(=O)NCC2)C(=O)OC(C)(C)C. The summed E-state index contributed by atoms with van der Waals surface area (Å²) in [6, 6.07) is 4.16. The number of rotatable bonds is 7. The minimum Gasteiger partial charge on any atom is -0.504 e. The maximum Gasteiger partial charge on any atom is 0.410 e. The molecule has 0 atom stereocenters. The summed E-state index contributed by atoms with van der Waals surface area (Å²) in [7, 11) is 1.61. The highest BCUT2D eigenvalue weighted by atomic mass is 35.5. The molecule has 2 aromatic heterocycles. The Balaban J connectivity index is 1.65. The molecule has 202 valence electrons. The molecule has 12 heteroatoms. The van der Waals surface area contributed by atoms with Crippen molar-refractivity contribution >= 4 is 35.0 Å². The topological polar surface area (TPSA) is 129 Å². The molecule has 0 saturated carbocycles. The quantitative estimate of drug-likeness (QED) is 0.312. The van der Waals surface area contributed by atoms with Crippen LogP contribution in [-0.4, -0.2) is 64.3 Å². The number of amides is 2. The largest absolute Gasteiger partial charge is 0.504 e. The third-order valence-electron chi connectivity index (χ3n) is 5.74. The monoisotopic (exact) mass is 545 g/mol. The highest BCUT2D eigenvalue weighted by molar-refractivity contribution is 6.32. The molecule has 1 aliphatic rings. The van der Waals surface area contributed by atoms with Gasteiger partial charge in [0.15, 0.2) is 5.75 Å². The van der Waals surface area contributed by atoms with Gasteiger partial charge in [-0.05, 0) is 39.0 Å². The van der Waals surface area contributed by atoms with Gasteiger partial charge in [-0.2, -0.15) is 0 Å². The van der Waals surface area contributed by atoms with Gasteiger partial charge in [-0.3, -0.25) is 9.78 Å². The second-order valence-corrected chi connectivity index (χ2v) is 10.1. The molecule has 3 aromatic rings. The van der Waals surface area contributed by atoms with Gasteiger partial charge >= 0.3 is 6.09 Å². The van der Waals surface area contributed by atoms with Crippen LogP contribution in [0.15, 0.2) is 30.6 Å². The van der Waals surface area contributed by atoms with E-state index < -0.39 is 28.3 Å². The second-order valence-electron chi connectivity index (χ2n) is 9.74. The van der Waals surface area contributed by atoms with Crippen molar-refractivity contribution in [2.75, 3.05) is 32.1 Å². The number of H-pyrrole nitrogens is 1. The molecule has 0 saturated heterocycles. The van der Waals surface area contributed by atoms with E-state index in [1.54, 1.807) is 40.1 Å². The van der Waals surface area contributed by atoms with E-state index in [4.69, 9.17) is 21.1 Å². The van der Waals surface area contributed by atoms with E-state index in [1.165, 1.54) is 17.2 Å². The molecule has 0 unspecified atom stereocenters. The lowest BCUT2D eigenvalue weighted by Crippen LogP contribution is -2.36. The zero-order valence-corrected chi connectivity index (χ0v) is 22.2. The molecule has 0 fully saturated rings. The van der Waals surface area contributed by atoms with Gasteiger partial charge in [0.1, 0.15) is 28.8 Å². The first kappa shape index (κ1) is 27.1. The van der Waals surface area contributed by atoms with Gasteiger partial charge in [-0.1, -0.05) is 11.6 Å². The fourth-order valence-corrected chi connectivity index (χ4v) is 4.07. The first-order valence-electron chi connectivity index (χ1n) is 11.9. The molecule has 0 bridgehead atoms. The van der Waals surface area contributed by atoms with Crippen LogP contribution in [0.4, 0.5) is 20.6 Å². The second kappa shape index (κ2) is 10.8. The molecule has 0 radical (unpaired) electrons. The number of aromatic amines is 1. The highest BCUT2D eigenvalue weighted by Crippen LogP contribution is 2.43. The molecule has 3 heterocycles. The number of ether oxygens (including phenoxy) is 2. The van der Waals surface area contributed by atoms with Crippen molar-refractivity contribution in [3.63, 3.8) is 0 Å². The number of fused-ring (bicyclic) bond motifs is 1. The molecule has 10 nitrogen and oxygen atoms in total. The van der Waals surface area contributed by atoms with E-state index in [-0.39, 0.29) is 24.7 Å². The number of hydrogen-bond donors (Lipinski definition) is 4. The minimum atomic E-state index is -0.773. The third-order valence-corrected chi connectivity index (χ3v) is 6.10. The number of benzene rings is 1. The van der Waals surface area contributed by atoms with Crippen LogP contribution in [0.5, 0.6) is 11.5 Å². The predicted octanol–water partition coefficient (Wildman–Crippen LogP) is 4.85. The lowest BCUT2D eigenvalue weighted by atomic mass is 10.0. The van der Waals surface area contributed by atoms with Crippen molar-refractivity contribution in [1.82, 2.24) is 20.2 Å². The maximum absolute atomic E-state index is 13.8. The summed E-state index contributed by atoms with van der Waals surface area (Å²) in [6.45, 7) is 6.22. The Morgan fingerprint density at radius 1 is 1.32 bits per heavy atom. The van der Waals surface area contributed by atoms with Crippen LogP contribution in [0.3, 0.4) is 0 Å². The molecule has 4 N–H and O–H groups in total. The van der Waals surface area contributed by atoms with Crippen molar-refractivity contribution in [2.45, 2.75) is 32.8 Å². The lowest BCUT2D eigenvalue weighted by Gasteiger charge is -2.24. The number of aromatic hydroxyl groups is 1. The highest BCUT2D eigenvalue weighted by Gasteiger charge is 2.29. The van der Waals surface area contributed by atoms with E-state index in [0.29, 0.717) is 46.9 Å². The van der Waals surface area contributed by atoms with Crippen molar-refractivity contribution in [2.24, 2.45) is 0 Å². The normalized spacial score (nSPS) is 12.9. The number of carbonyl (C=O) groups excluding carboxylic acids is 2. The first-order chi connectivity index (χ1) is 18.0. The molecule has 2 amide bonds. The molecule has 0 aliphatic carbocycles. The number of pyridine rings is 1. The number of carbonyl (C=O) groups is 2. The number of nitrogens with one attached hydrogen (secondary N) is 3. The fourth-order valence-electron chi connectivity index (χ4n) is 3.91. The summed E-state index contributed by atoms with van der Waals surface area (Å²) < 4.78 is 25.2. The van der Waals surface area contributed by atoms with Crippen molar-refractivity contribution in [3.8, 4) is 22.8 Å². The first-order valence-corrected chi connectivity index (χ1v) is 12.3. The van der Waals surface area contributed by atoms with E-state index in [9.17, 15) is 19.1 Å². The molecule has 0 spiro atoms. The van der Waals surface area contributed by atoms with Gasteiger partial charge in [-0.15, -0.1) is 0 Å². The summed E-state index contributed by atoms with van der Waals surface area (Å²) in [4.78, 5) is 33.9. The van der Waals surface area contributed by atoms with Gasteiger partial charge in [0.2, 0.25) is 0 Å². The van der Waals surface area contributed by atoms with Crippen LogP contribution in [0.25, 0.3) is 11.3 Å². The number of phenolic OH excluding ortho intramolecular Hbond substituents is 1. The molecule has 38 heavy (non-hydrogen) atoms. The Bertz CT molecular complexity index is 1370. The van der Waals surface area contributed by atoms with Gasteiger partial charge in [0.25, 0.3) is 5.91 Å². The molecular formula is C26H29ClFN5O5. The molecule has 1 aromatic carbocycles. The number of aromatic nitrogens is 2. The number of hydrogen-bond acceptors (Lipinski definition) is 7. The van der Waals surface area contributed by atoms with Crippen LogP contribution in [0.2, 0.25) is 5.02 Å². The number of halogens is 2. The lowest BCUT2D eigenvalue weighted by molar-refractivity contribution is 0.0278. The number of phenols is 1. The van der Waals surface area contributed by atoms with Crippen molar-refractivity contribution in [1.29, 1.82) is 0 Å². The van der Waals surface area contributed by atoms with E-state index >= 15 is 0 Å². The summed E-state index contributed by atoms with van der Waals surface area (Å²) >= 11 is 5.90. The van der Waals surface area contributed by atoms with Gasteiger partial charge < -0.3 is 35.1 Å². The van der Waals surface area contributed by atoms with E-state index in [0.717, 1.165) is 6.07 Å². The van der Waals surface area contributed by atoms with Crippen LogP contribution in [0, 0.1) is 5.82 Å². The van der Waals surface area contributed by atoms with Gasteiger partial charge in [-0.25, -0.2) is 9.18 Å². The Labute approximate surface area is 224 Å². The predicted molar refractivity (Wildman–Crippen MR) is 141 cm³/mol. The average Bonchev–Trinajstić information content (AvgIpc) is 3.23. The average molecular weight is 546 g/mol. The zero-order chi connectivity index (χ0) is 27.6. The number of anilines is 2. The molecule has 4 rings (SSSR count). The van der Waals surface area contributed by atoms with Crippen LogP contribution in [-0.2, 0) is 11.2 Å². The third kappa shape index (κ3) is 5.77. The maximum atomic E-state index is 13.8. The molecule has 1 aliphatic heterocycles. The Morgan fingerprint density at radius 3 is 2.82 bits per heavy atom. The fraction of sp³-hybridized carbons (Fsp3) is 0.346. The summed E-state index contributed by atoms with van der Waals surface area (Å²) in [6.07, 6.45) is 3.18. The summed E-state index contributed by atoms with van der Waals surface area (Å²) in [5.41, 5.74) is 1.99. The number of likely N-dealkylation sites (N-methyl/N-ethyl adjacent to an activating group) is 1. The van der Waals surface area contributed by atoms with Crippen LogP contribution >= 0.6 is 11.6 Å². The summed E-state index contributed by atoms with van der Waals surface area (Å²) in [5, 5.41) is 15.8. The van der Waals surface area contributed by atoms with Crippen molar-refractivity contribution in [3.05, 3.63) is 52.7 Å². The van der Waals surface area contributed by atoms with Gasteiger partial charge in [0.05, 0.1) is 35.4 Å². The van der Waals surface area contributed by atoms with Crippen molar-refractivity contribution < 1.29 is 28.6 Å². The Hall–Kier alpha value is -3.99. The standard InChI is InChI=1S/C26H29ClFN5O5/c1-26(2,3)38-25(36)33(4)11-12-37-18-13-29-9-7-14(18)21-22(19-16(31-21)8-10-30-24(19)35)32-17-6-5-15(28)20(27)23(17)34/h5-7,9,13,31-32,34H,8,10-12H2,1-4H3,(H,30,35). The molecular weight excluding hydrogens is 517 g/mol.